The van der Waals surface area contributed by atoms with Crippen molar-refractivity contribution in [2.24, 2.45) is 0 Å². The number of unbranched alkanes of at least 4 members (excludes halogenated alkanes) is 2. The summed E-state index contributed by atoms with van der Waals surface area (Å²) >= 11 is 1.78. The van der Waals surface area contributed by atoms with E-state index in [1.807, 2.05) is 0 Å². The highest BCUT2D eigenvalue weighted by molar-refractivity contribution is 7.99. The Morgan fingerprint density at radius 3 is 2.43 bits per heavy atom. The van der Waals surface area contributed by atoms with E-state index in [2.05, 4.69) is 12.8 Å². The lowest BCUT2D eigenvalue weighted by Crippen LogP contribution is -2.01. The van der Waals surface area contributed by atoms with Crippen LogP contribution in [0.25, 0.3) is 0 Å². The molecule has 0 fully saturated rings. The third-order valence-corrected chi connectivity index (χ3v) is 2.51. The summed E-state index contributed by atoms with van der Waals surface area (Å²) in [6.45, 7) is 3.69. The quantitative estimate of drug-likeness (QED) is 0.489. The van der Waals surface area contributed by atoms with E-state index in [1.54, 1.807) is 11.8 Å². The Labute approximate surface area is 87.6 Å². The second-order valence-corrected chi connectivity index (χ2v) is 3.95. The van der Waals surface area contributed by atoms with E-state index in [9.17, 15) is 13.2 Å². The summed E-state index contributed by atoms with van der Waals surface area (Å²) in [5, 5.41) is 0. The molecule has 81 valence electrons. The van der Waals surface area contributed by atoms with Crippen LogP contribution in [0.4, 0.5) is 13.2 Å². The Hall–Kier alpha value is -0.300. The summed E-state index contributed by atoms with van der Waals surface area (Å²) in [4.78, 5) is 0. The van der Waals surface area contributed by atoms with E-state index < -0.39 is 6.18 Å². The highest BCUT2D eigenvalue weighted by Gasteiger charge is 2.22. The van der Waals surface area contributed by atoms with Crippen LogP contribution in [0.2, 0.25) is 0 Å². The fourth-order valence-electron chi connectivity index (χ4n) is 0.784. The average molecular weight is 223 g/mol. The van der Waals surface area contributed by atoms with E-state index in [-0.39, 0.29) is 0 Å². The molecule has 0 aliphatic heterocycles. The Morgan fingerprint density at radius 2 is 1.86 bits per heavy atom. The molecule has 0 nitrogen and oxygen atoms in total. The lowest BCUT2D eigenvalue weighted by Gasteiger charge is -1.97. The van der Waals surface area contributed by atoms with Crippen LogP contribution < -0.4 is 0 Å². The zero-order valence-electron chi connectivity index (χ0n) is 7.99. The van der Waals surface area contributed by atoms with E-state index in [1.165, 1.54) is 5.92 Å². The van der Waals surface area contributed by atoms with E-state index in [0.717, 1.165) is 30.8 Å². The van der Waals surface area contributed by atoms with Gasteiger partial charge in [0.2, 0.25) is 0 Å². The molecule has 0 saturated heterocycles. The van der Waals surface area contributed by atoms with Crippen LogP contribution in [0, 0.1) is 18.8 Å². The molecular weight excluding hydrogens is 209 g/mol. The Balaban J connectivity index is 3.24. The third-order valence-electron chi connectivity index (χ3n) is 1.36. The minimum absolute atomic E-state index is 0.338. The second-order valence-electron chi connectivity index (χ2n) is 2.72. The summed E-state index contributed by atoms with van der Waals surface area (Å²) in [5.41, 5.74) is 0. The van der Waals surface area contributed by atoms with Crippen molar-refractivity contribution in [3.8, 4) is 11.8 Å². The maximum Gasteiger partial charge on any atom is 0.457 e. The fraction of sp³-hybridized carbons (Fsp3) is 0.700. The summed E-state index contributed by atoms with van der Waals surface area (Å²) in [6.07, 6.45) is -1.42. The molecule has 1 radical (unpaired) electrons. The average Bonchev–Trinajstić information content (AvgIpc) is 2.08. The van der Waals surface area contributed by atoms with E-state index in [4.69, 9.17) is 0 Å². The molecule has 0 aromatic carbocycles. The molecule has 0 heterocycles. The first kappa shape index (κ1) is 13.7. The van der Waals surface area contributed by atoms with Crippen molar-refractivity contribution in [2.45, 2.75) is 31.9 Å². The van der Waals surface area contributed by atoms with Gasteiger partial charge in [-0.1, -0.05) is 12.8 Å². The molecule has 0 N–H and O–H groups in total. The first-order chi connectivity index (χ1) is 6.56. The van der Waals surface area contributed by atoms with E-state index in [0.29, 0.717) is 6.42 Å². The number of alkyl halides is 3. The van der Waals surface area contributed by atoms with Gasteiger partial charge >= 0.3 is 6.18 Å². The number of rotatable bonds is 6. The minimum atomic E-state index is -4.33. The molecule has 0 aliphatic rings. The van der Waals surface area contributed by atoms with Crippen LogP contribution in [-0.2, 0) is 0 Å². The molecule has 0 saturated carbocycles. The minimum Gasteiger partial charge on any atom is -0.162 e. The van der Waals surface area contributed by atoms with E-state index >= 15 is 0 Å². The van der Waals surface area contributed by atoms with Crippen LogP contribution >= 0.6 is 11.8 Å². The van der Waals surface area contributed by atoms with Gasteiger partial charge in [-0.15, -0.1) is 0 Å². The molecule has 0 unspecified atom stereocenters. The van der Waals surface area contributed by atoms with Crippen molar-refractivity contribution in [1.29, 1.82) is 0 Å². The van der Waals surface area contributed by atoms with Crippen molar-refractivity contribution in [2.75, 3.05) is 11.5 Å². The third kappa shape index (κ3) is 11.7. The standard InChI is InChI=1S/C10H14F3S/c1-2-8-14-9-6-4-3-5-7-10(11,12)13/h1-4,6,8-9H2. The van der Waals surface area contributed by atoms with Gasteiger partial charge in [-0.2, -0.15) is 24.9 Å². The molecule has 0 spiro atoms. The normalized spacial score (nSPS) is 10.9. The van der Waals surface area contributed by atoms with Gasteiger partial charge in [-0.05, 0) is 30.8 Å². The molecular formula is C10H14F3S. The predicted molar refractivity (Wildman–Crippen MR) is 55.0 cm³/mol. The molecule has 0 atom stereocenters. The molecule has 0 amide bonds. The van der Waals surface area contributed by atoms with Crippen molar-refractivity contribution < 1.29 is 13.2 Å². The van der Waals surface area contributed by atoms with Crippen LogP contribution in [0.5, 0.6) is 0 Å². The molecule has 0 aromatic heterocycles. The van der Waals surface area contributed by atoms with Gasteiger partial charge in [0, 0.05) is 12.3 Å². The topological polar surface area (TPSA) is 0 Å². The first-order valence-electron chi connectivity index (χ1n) is 4.50. The van der Waals surface area contributed by atoms with Gasteiger partial charge in [0.15, 0.2) is 0 Å². The smallest absolute Gasteiger partial charge is 0.162 e. The van der Waals surface area contributed by atoms with Gasteiger partial charge < -0.3 is 0 Å². The van der Waals surface area contributed by atoms with Crippen molar-refractivity contribution in [1.82, 2.24) is 0 Å². The maximum atomic E-state index is 11.5. The monoisotopic (exact) mass is 223 g/mol. The number of thioether (sulfide) groups is 1. The highest BCUT2D eigenvalue weighted by Crippen LogP contribution is 2.12. The molecule has 4 heteroatoms. The van der Waals surface area contributed by atoms with Gasteiger partial charge in [0.05, 0.1) is 0 Å². The lowest BCUT2D eigenvalue weighted by atomic mass is 10.2. The fourth-order valence-corrected chi connectivity index (χ4v) is 1.60. The van der Waals surface area contributed by atoms with Gasteiger partial charge in [-0.3, -0.25) is 0 Å². The van der Waals surface area contributed by atoms with Crippen LogP contribution in [0.3, 0.4) is 0 Å². The summed E-state index contributed by atoms with van der Waals surface area (Å²) in [7, 11) is 0. The largest absolute Gasteiger partial charge is 0.457 e. The molecule has 0 bridgehead atoms. The number of hydrogen-bond acceptors (Lipinski definition) is 1. The number of halogens is 3. The highest BCUT2D eigenvalue weighted by atomic mass is 32.2. The van der Waals surface area contributed by atoms with Gasteiger partial charge in [-0.25, -0.2) is 0 Å². The van der Waals surface area contributed by atoms with Crippen molar-refractivity contribution in [3.63, 3.8) is 0 Å². The molecule has 0 aliphatic carbocycles. The maximum absolute atomic E-state index is 11.5. The van der Waals surface area contributed by atoms with Gasteiger partial charge in [0.1, 0.15) is 0 Å². The molecule has 0 rings (SSSR count). The lowest BCUT2D eigenvalue weighted by molar-refractivity contribution is -0.0697. The van der Waals surface area contributed by atoms with Crippen molar-refractivity contribution in [3.05, 3.63) is 6.92 Å². The predicted octanol–water partition coefficient (Wildman–Crippen LogP) is 3.68. The summed E-state index contributed by atoms with van der Waals surface area (Å²) in [5.74, 6) is 5.39. The second kappa shape index (κ2) is 8.05. The zero-order valence-corrected chi connectivity index (χ0v) is 8.81. The number of hydrogen-bond donors (Lipinski definition) is 0. The zero-order chi connectivity index (χ0) is 10.9. The molecule has 14 heavy (non-hydrogen) atoms. The van der Waals surface area contributed by atoms with Crippen LogP contribution in [0.15, 0.2) is 0 Å². The van der Waals surface area contributed by atoms with Crippen molar-refractivity contribution >= 4 is 11.8 Å². The Bertz CT molecular complexity index is 188. The Morgan fingerprint density at radius 1 is 1.14 bits per heavy atom. The van der Waals surface area contributed by atoms with Crippen LogP contribution in [-0.4, -0.2) is 17.7 Å². The Kier molecular flexibility index (Phi) is 7.87. The van der Waals surface area contributed by atoms with Gasteiger partial charge in [0.25, 0.3) is 0 Å². The summed E-state index contributed by atoms with van der Waals surface area (Å²) < 4.78 is 34.6. The first-order valence-corrected chi connectivity index (χ1v) is 5.65. The summed E-state index contributed by atoms with van der Waals surface area (Å²) in [6, 6.07) is 0. The SMILES string of the molecule is [CH2]CCSCCCCC#CC(F)(F)F. The van der Waals surface area contributed by atoms with Crippen LogP contribution in [0.1, 0.15) is 25.7 Å². The molecule has 0 aromatic rings.